The Hall–Kier alpha value is -2.95. The van der Waals surface area contributed by atoms with Crippen molar-refractivity contribution in [3.63, 3.8) is 0 Å². The van der Waals surface area contributed by atoms with Crippen molar-refractivity contribution in [3.05, 3.63) is 65.2 Å². The highest BCUT2D eigenvalue weighted by Crippen LogP contribution is 2.36. The SMILES string of the molecule is CCc1ccc(CCC(=O)Nc2ccc(C3(CC)CCC(=O)NC3=O)cc2)cc1. The van der Waals surface area contributed by atoms with Crippen molar-refractivity contribution in [2.45, 2.75) is 57.8 Å². The zero-order chi connectivity index (χ0) is 20.9. The average molecular weight is 392 g/mol. The molecule has 0 aliphatic carbocycles. The van der Waals surface area contributed by atoms with Gasteiger partial charge in [0.2, 0.25) is 17.7 Å². The molecule has 1 saturated heterocycles. The second-order valence-corrected chi connectivity index (χ2v) is 7.61. The minimum Gasteiger partial charge on any atom is -0.326 e. The summed E-state index contributed by atoms with van der Waals surface area (Å²) < 4.78 is 0. The van der Waals surface area contributed by atoms with E-state index in [1.165, 1.54) is 5.56 Å². The van der Waals surface area contributed by atoms with Gasteiger partial charge < -0.3 is 5.32 Å². The molecule has 0 spiro atoms. The Morgan fingerprint density at radius 3 is 2.24 bits per heavy atom. The zero-order valence-electron chi connectivity index (χ0n) is 17.1. The van der Waals surface area contributed by atoms with Gasteiger partial charge in [-0.3, -0.25) is 19.7 Å². The average Bonchev–Trinajstić information content (AvgIpc) is 2.74. The van der Waals surface area contributed by atoms with Crippen LogP contribution in [0.25, 0.3) is 0 Å². The molecule has 3 amide bonds. The van der Waals surface area contributed by atoms with Gasteiger partial charge in [-0.1, -0.05) is 50.2 Å². The van der Waals surface area contributed by atoms with Gasteiger partial charge in [-0.25, -0.2) is 0 Å². The highest BCUT2D eigenvalue weighted by atomic mass is 16.2. The lowest BCUT2D eigenvalue weighted by atomic mass is 9.72. The van der Waals surface area contributed by atoms with Crippen molar-refractivity contribution in [1.82, 2.24) is 5.32 Å². The molecule has 2 aromatic rings. The molecular formula is C24H28N2O3. The lowest BCUT2D eigenvalue weighted by Gasteiger charge is -2.35. The topological polar surface area (TPSA) is 75.3 Å². The Labute approximate surface area is 171 Å². The maximum Gasteiger partial charge on any atom is 0.237 e. The molecular weight excluding hydrogens is 364 g/mol. The smallest absolute Gasteiger partial charge is 0.237 e. The van der Waals surface area contributed by atoms with Gasteiger partial charge in [-0.05, 0) is 54.5 Å². The Morgan fingerprint density at radius 2 is 1.66 bits per heavy atom. The van der Waals surface area contributed by atoms with Gasteiger partial charge in [-0.2, -0.15) is 0 Å². The molecule has 29 heavy (non-hydrogen) atoms. The van der Waals surface area contributed by atoms with Gasteiger partial charge in [0.25, 0.3) is 0 Å². The van der Waals surface area contributed by atoms with Crippen LogP contribution in [0.3, 0.4) is 0 Å². The van der Waals surface area contributed by atoms with Gasteiger partial charge in [-0.15, -0.1) is 0 Å². The van der Waals surface area contributed by atoms with E-state index in [1.54, 1.807) is 0 Å². The van der Waals surface area contributed by atoms with Crippen molar-refractivity contribution in [2.24, 2.45) is 0 Å². The first-order chi connectivity index (χ1) is 14.0. The molecule has 1 heterocycles. The summed E-state index contributed by atoms with van der Waals surface area (Å²) in [5.74, 6) is -0.488. The van der Waals surface area contributed by atoms with Gasteiger partial charge in [0.15, 0.2) is 0 Å². The number of anilines is 1. The molecule has 0 aromatic heterocycles. The summed E-state index contributed by atoms with van der Waals surface area (Å²) in [5, 5.41) is 5.38. The lowest BCUT2D eigenvalue weighted by molar-refractivity contribution is -0.138. The predicted octanol–water partition coefficient (Wildman–Crippen LogP) is 3.90. The van der Waals surface area contributed by atoms with Crippen LogP contribution in [0.4, 0.5) is 5.69 Å². The van der Waals surface area contributed by atoms with Crippen LogP contribution in [0.5, 0.6) is 0 Å². The number of piperidine rings is 1. The van der Waals surface area contributed by atoms with Crippen molar-refractivity contribution in [1.29, 1.82) is 0 Å². The fourth-order valence-electron chi connectivity index (χ4n) is 3.86. The largest absolute Gasteiger partial charge is 0.326 e. The number of aryl methyl sites for hydroxylation is 2. The van der Waals surface area contributed by atoms with Gasteiger partial charge in [0, 0.05) is 18.5 Å². The number of hydrogen-bond acceptors (Lipinski definition) is 3. The van der Waals surface area contributed by atoms with E-state index in [0.29, 0.717) is 37.8 Å². The molecule has 2 N–H and O–H groups in total. The van der Waals surface area contributed by atoms with E-state index in [9.17, 15) is 14.4 Å². The summed E-state index contributed by atoms with van der Waals surface area (Å²) >= 11 is 0. The van der Waals surface area contributed by atoms with Crippen molar-refractivity contribution >= 4 is 23.4 Å². The predicted molar refractivity (Wildman–Crippen MR) is 114 cm³/mol. The van der Waals surface area contributed by atoms with Crippen LogP contribution in [-0.4, -0.2) is 17.7 Å². The van der Waals surface area contributed by atoms with E-state index in [1.807, 2.05) is 31.2 Å². The number of imide groups is 1. The molecule has 1 aliphatic rings. The van der Waals surface area contributed by atoms with E-state index in [4.69, 9.17) is 0 Å². The standard InChI is InChI=1S/C24H28N2O3/c1-3-17-5-7-18(8-6-17)9-14-21(27)25-20-12-10-19(11-13-20)24(4-2)16-15-22(28)26-23(24)29/h5-8,10-13H,3-4,9,14-16H2,1-2H3,(H,25,27)(H,26,28,29). The summed E-state index contributed by atoms with van der Waals surface area (Å²) in [7, 11) is 0. The first-order valence-corrected chi connectivity index (χ1v) is 10.3. The summed E-state index contributed by atoms with van der Waals surface area (Å²) in [6.07, 6.45) is 3.59. The lowest BCUT2D eigenvalue weighted by Crippen LogP contribution is -2.51. The Bertz CT molecular complexity index is 887. The first kappa shape index (κ1) is 20.8. The number of carbonyl (C=O) groups is 3. The molecule has 1 fully saturated rings. The maximum atomic E-state index is 12.5. The third-order valence-corrected chi connectivity index (χ3v) is 5.86. The monoisotopic (exact) mass is 392 g/mol. The molecule has 0 saturated carbocycles. The first-order valence-electron chi connectivity index (χ1n) is 10.3. The summed E-state index contributed by atoms with van der Waals surface area (Å²) in [6, 6.07) is 15.7. The summed E-state index contributed by atoms with van der Waals surface area (Å²) in [4.78, 5) is 36.3. The molecule has 1 unspecified atom stereocenters. The van der Waals surface area contributed by atoms with Crippen LogP contribution >= 0.6 is 0 Å². The third kappa shape index (κ3) is 4.73. The summed E-state index contributed by atoms with van der Waals surface area (Å²) in [5.41, 5.74) is 3.34. The second kappa shape index (κ2) is 9.03. The molecule has 1 atom stereocenters. The highest BCUT2D eigenvalue weighted by Gasteiger charge is 2.42. The molecule has 2 aromatic carbocycles. The van der Waals surface area contributed by atoms with Gasteiger partial charge >= 0.3 is 0 Å². The normalized spacial score (nSPS) is 19.0. The molecule has 0 radical (unpaired) electrons. The molecule has 5 heteroatoms. The molecule has 1 aliphatic heterocycles. The van der Waals surface area contributed by atoms with Crippen LogP contribution in [0.1, 0.15) is 56.2 Å². The van der Waals surface area contributed by atoms with Gasteiger partial charge in [0.05, 0.1) is 5.41 Å². The van der Waals surface area contributed by atoms with Crippen molar-refractivity contribution in [2.75, 3.05) is 5.32 Å². The number of rotatable bonds is 7. The van der Waals surface area contributed by atoms with Crippen LogP contribution in [0.2, 0.25) is 0 Å². The van der Waals surface area contributed by atoms with Crippen LogP contribution in [0, 0.1) is 0 Å². The number of amides is 3. The van der Waals surface area contributed by atoms with Crippen molar-refractivity contribution in [3.8, 4) is 0 Å². The van der Waals surface area contributed by atoms with E-state index >= 15 is 0 Å². The van der Waals surface area contributed by atoms with E-state index in [-0.39, 0.29) is 17.7 Å². The zero-order valence-corrected chi connectivity index (χ0v) is 17.1. The fraction of sp³-hybridized carbons (Fsp3) is 0.375. The minimum atomic E-state index is -0.679. The Kier molecular flexibility index (Phi) is 6.47. The molecule has 0 bridgehead atoms. The molecule has 3 rings (SSSR count). The van der Waals surface area contributed by atoms with E-state index in [0.717, 1.165) is 17.5 Å². The van der Waals surface area contributed by atoms with Crippen LogP contribution in [-0.2, 0) is 32.6 Å². The Morgan fingerprint density at radius 1 is 1.00 bits per heavy atom. The van der Waals surface area contributed by atoms with Crippen LogP contribution in [0.15, 0.2) is 48.5 Å². The second-order valence-electron chi connectivity index (χ2n) is 7.61. The minimum absolute atomic E-state index is 0.0384. The quantitative estimate of drug-likeness (QED) is 0.702. The number of carbonyl (C=O) groups excluding carboxylic acids is 3. The van der Waals surface area contributed by atoms with Gasteiger partial charge in [0.1, 0.15) is 0 Å². The highest BCUT2D eigenvalue weighted by molar-refractivity contribution is 6.03. The number of hydrogen-bond donors (Lipinski definition) is 2. The maximum absolute atomic E-state index is 12.5. The molecule has 152 valence electrons. The van der Waals surface area contributed by atoms with Crippen LogP contribution < -0.4 is 10.6 Å². The van der Waals surface area contributed by atoms with Crippen molar-refractivity contribution < 1.29 is 14.4 Å². The van der Waals surface area contributed by atoms with E-state index in [2.05, 4.69) is 41.8 Å². The summed E-state index contributed by atoms with van der Waals surface area (Å²) in [6.45, 7) is 4.08. The van der Waals surface area contributed by atoms with E-state index < -0.39 is 5.41 Å². The number of benzene rings is 2. The Balaban J connectivity index is 1.60. The number of nitrogens with one attached hydrogen (secondary N) is 2. The molecule has 5 nitrogen and oxygen atoms in total. The third-order valence-electron chi connectivity index (χ3n) is 5.86. The fourth-order valence-corrected chi connectivity index (χ4v) is 3.86.